The van der Waals surface area contributed by atoms with E-state index in [9.17, 15) is 0 Å². The molecule has 0 unspecified atom stereocenters. The molecule has 0 radical (unpaired) electrons. The predicted molar refractivity (Wildman–Crippen MR) is 68.4 cm³/mol. The number of rotatable bonds is 5. The standard InChI is InChI=1S/C14H17NO/c1-5-11(4)12(6-2)13-9-8-10-14(15-13)16-7-3/h5-6,8-10H,1-2,7H2,3-4H3/b12-11+. The Balaban J connectivity index is 3.16. The van der Waals surface area contributed by atoms with Crippen molar-refractivity contribution < 1.29 is 4.74 Å². The molecule has 16 heavy (non-hydrogen) atoms. The van der Waals surface area contributed by atoms with Gasteiger partial charge in [-0.05, 0) is 25.5 Å². The molecule has 0 N–H and O–H groups in total. The Morgan fingerprint density at radius 2 is 2.12 bits per heavy atom. The Bertz CT molecular complexity index is 418. The lowest BCUT2D eigenvalue weighted by atomic mass is 10.1. The average molecular weight is 215 g/mol. The van der Waals surface area contributed by atoms with Crippen LogP contribution in [-0.2, 0) is 0 Å². The van der Waals surface area contributed by atoms with Crippen molar-refractivity contribution in [2.75, 3.05) is 6.61 Å². The maximum atomic E-state index is 5.36. The monoisotopic (exact) mass is 215 g/mol. The molecule has 0 saturated carbocycles. The van der Waals surface area contributed by atoms with Gasteiger partial charge in [-0.3, -0.25) is 0 Å². The topological polar surface area (TPSA) is 22.1 Å². The summed E-state index contributed by atoms with van der Waals surface area (Å²) in [5.74, 6) is 0.635. The van der Waals surface area contributed by atoms with Crippen LogP contribution in [0.25, 0.3) is 5.57 Å². The molecule has 0 aliphatic rings. The lowest BCUT2D eigenvalue weighted by Crippen LogP contribution is -1.97. The molecule has 84 valence electrons. The number of ether oxygens (including phenoxy) is 1. The molecule has 0 saturated heterocycles. The van der Waals surface area contributed by atoms with E-state index >= 15 is 0 Å². The highest BCUT2D eigenvalue weighted by Crippen LogP contribution is 2.20. The summed E-state index contributed by atoms with van der Waals surface area (Å²) in [7, 11) is 0. The average Bonchev–Trinajstić information content (AvgIpc) is 2.31. The van der Waals surface area contributed by atoms with Gasteiger partial charge >= 0.3 is 0 Å². The number of hydrogen-bond donors (Lipinski definition) is 0. The number of nitrogens with zero attached hydrogens (tertiary/aromatic N) is 1. The maximum absolute atomic E-state index is 5.36. The fourth-order valence-electron chi connectivity index (χ4n) is 1.37. The molecule has 2 heteroatoms. The van der Waals surface area contributed by atoms with Crippen molar-refractivity contribution >= 4 is 5.57 Å². The maximum Gasteiger partial charge on any atom is 0.213 e. The minimum atomic E-state index is 0.615. The summed E-state index contributed by atoms with van der Waals surface area (Å²) in [6, 6.07) is 5.71. The highest BCUT2D eigenvalue weighted by atomic mass is 16.5. The van der Waals surface area contributed by atoms with Crippen molar-refractivity contribution in [3.63, 3.8) is 0 Å². The van der Waals surface area contributed by atoms with E-state index in [-0.39, 0.29) is 0 Å². The van der Waals surface area contributed by atoms with Gasteiger partial charge in [0.15, 0.2) is 0 Å². The predicted octanol–water partition coefficient (Wildman–Crippen LogP) is 3.63. The Morgan fingerprint density at radius 3 is 2.69 bits per heavy atom. The fraction of sp³-hybridized carbons (Fsp3) is 0.214. The van der Waals surface area contributed by atoms with Crippen LogP contribution >= 0.6 is 0 Å². The fourth-order valence-corrected chi connectivity index (χ4v) is 1.37. The Morgan fingerprint density at radius 1 is 1.38 bits per heavy atom. The summed E-state index contributed by atoms with van der Waals surface area (Å²) in [5, 5.41) is 0. The van der Waals surface area contributed by atoms with Gasteiger partial charge in [-0.2, -0.15) is 0 Å². The van der Waals surface area contributed by atoms with Gasteiger partial charge in [0.25, 0.3) is 0 Å². The molecule has 0 aliphatic heterocycles. The van der Waals surface area contributed by atoms with Crippen molar-refractivity contribution in [1.29, 1.82) is 0 Å². The SMILES string of the molecule is C=C/C(C)=C(\C=C)c1cccc(OCC)n1. The van der Waals surface area contributed by atoms with E-state index in [1.165, 1.54) is 0 Å². The van der Waals surface area contributed by atoms with Crippen molar-refractivity contribution in [2.45, 2.75) is 13.8 Å². The molecular weight excluding hydrogens is 198 g/mol. The van der Waals surface area contributed by atoms with Crippen LogP contribution in [0.4, 0.5) is 0 Å². The first kappa shape index (κ1) is 12.2. The largest absolute Gasteiger partial charge is 0.478 e. The van der Waals surface area contributed by atoms with Gasteiger partial charge in [0.05, 0.1) is 12.3 Å². The van der Waals surface area contributed by atoms with E-state index in [2.05, 4.69) is 18.1 Å². The molecule has 1 heterocycles. The zero-order valence-corrected chi connectivity index (χ0v) is 9.86. The molecule has 1 aromatic heterocycles. The molecule has 1 aromatic rings. The summed E-state index contributed by atoms with van der Waals surface area (Å²) in [6.45, 7) is 12.1. The van der Waals surface area contributed by atoms with Gasteiger partial charge in [-0.25, -0.2) is 4.98 Å². The highest BCUT2D eigenvalue weighted by molar-refractivity contribution is 5.75. The van der Waals surface area contributed by atoms with E-state index in [1.807, 2.05) is 32.0 Å². The van der Waals surface area contributed by atoms with Crippen molar-refractivity contribution in [3.8, 4) is 5.88 Å². The lowest BCUT2D eigenvalue weighted by molar-refractivity contribution is 0.326. The Kier molecular flexibility index (Phi) is 4.52. The molecule has 1 rings (SSSR count). The van der Waals surface area contributed by atoms with Crippen LogP contribution in [0.3, 0.4) is 0 Å². The van der Waals surface area contributed by atoms with Crippen molar-refractivity contribution in [2.24, 2.45) is 0 Å². The van der Waals surface area contributed by atoms with E-state index in [0.717, 1.165) is 16.8 Å². The second kappa shape index (κ2) is 5.91. The van der Waals surface area contributed by atoms with Crippen LogP contribution in [-0.4, -0.2) is 11.6 Å². The summed E-state index contributed by atoms with van der Waals surface area (Å²) in [4.78, 5) is 4.40. The lowest BCUT2D eigenvalue weighted by Gasteiger charge is -2.07. The van der Waals surface area contributed by atoms with E-state index < -0.39 is 0 Å². The summed E-state index contributed by atoms with van der Waals surface area (Å²) < 4.78 is 5.36. The second-order valence-electron chi connectivity index (χ2n) is 3.30. The van der Waals surface area contributed by atoms with Crippen LogP contribution in [0.1, 0.15) is 19.5 Å². The summed E-state index contributed by atoms with van der Waals surface area (Å²) >= 11 is 0. The molecule has 0 bridgehead atoms. The second-order valence-corrected chi connectivity index (χ2v) is 3.30. The zero-order chi connectivity index (χ0) is 12.0. The van der Waals surface area contributed by atoms with Gasteiger partial charge in [0.1, 0.15) is 0 Å². The smallest absolute Gasteiger partial charge is 0.213 e. The third kappa shape index (κ3) is 2.83. The van der Waals surface area contributed by atoms with Gasteiger partial charge in [0, 0.05) is 11.6 Å². The molecule has 0 aromatic carbocycles. The number of aromatic nitrogens is 1. The number of allylic oxidation sites excluding steroid dienone is 4. The summed E-state index contributed by atoms with van der Waals surface area (Å²) in [5.41, 5.74) is 2.89. The minimum Gasteiger partial charge on any atom is -0.478 e. The number of pyridine rings is 1. The summed E-state index contributed by atoms with van der Waals surface area (Å²) in [6.07, 6.45) is 3.58. The van der Waals surface area contributed by atoms with E-state index in [1.54, 1.807) is 12.2 Å². The van der Waals surface area contributed by atoms with Crippen LogP contribution < -0.4 is 4.74 Å². The van der Waals surface area contributed by atoms with Crippen LogP contribution in [0.15, 0.2) is 49.1 Å². The van der Waals surface area contributed by atoms with Gasteiger partial charge in [-0.1, -0.05) is 31.4 Å². The van der Waals surface area contributed by atoms with Gasteiger partial charge in [0.2, 0.25) is 5.88 Å². The molecule has 2 nitrogen and oxygen atoms in total. The van der Waals surface area contributed by atoms with E-state index in [4.69, 9.17) is 4.74 Å². The molecule has 0 aliphatic carbocycles. The molecule has 0 atom stereocenters. The quantitative estimate of drug-likeness (QED) is 0.700. The molecule has 0 spiro atoms. The van der Waals surface area contributed by atoms with Crippen LogP contribution in [0.2, 0.25) is 0 Å². The van der Waals surface area contributed by atoms with Gasteiger partial charge < -0.3 is 4.74 Å². The normalized spacial score (nSPS) is 11.6. The first-order valence-corrected chi connectivity index (χ1v) is 5.28. The van der Waals surface area contributed by atoms with Crippen LogP contribution in [0.5, 0.6) is 5.88 Å². The van der Waals surface area contributed by atoms with E-state index in [0.29, 0.717) is 12.5 Å². The van der Waals surface area contributed by atoms with Crippen molar-refractivity contribution in [1.82, 2.24) is 4.98 Å². The first-order chi connectivity index (χ1) is 7.72. The highest BCUT2D eigenvalue weighted by Gasteiger charge is 2.03. The van der Waals surface area contributed by atoms with Crippen LogP contribution in [0, 0.1) is 0 Å². The van der Waals surface area contributed by atoms with Gasteiger partial charge in [-0.15, -0.1) is 0 Å². The Hall–Kier alpha value is -1.83. The third-order valence-corrected chi connectivity index (χ3v) is 2.23. The number of hydrogen-bond acceptors (Lipinski definition) is 2. The molecule has 0 fully saturated rings. The molecule has 0 amide bonds. The third-order valence-electron chi connectivity index (χ3n) is 2.23. The Labute approximate surface area is 97.0 Å². The zero-order valence-electron chi connectivity index (χ0n) is 9.86. The minimum absolute atomic E-state index is 0.615. The molecular formula is C14H17NO. The van der Waals surface area contributed by atoms with Crippen molar-refractivity contribution in [3.05, 3.63) is 54.8 Å². The first-order valence-electron chi connectivity index (χ1n) is 5.28.